The average molecular weight is 499 g/mol. The molecule has 0 aromatic carbocycles. The van der Waals surface area contributed by atoms with E-state index in [0.29, 0.717) is 51.1 Å². The highest BCUT2D eigenvalue weighted by Crippen LogP contribution is 2.32. The van der Waals surface area contributed by atoms with E-state index in [1.165, 1.54) is 0 Å². The van der Waals surface area contributed by atoms with Crippen molar-refractivity contribution in [2.45, 2.75) is 26.3 Å². The molecule has 4 heterocycles. The maximum Gasteiger partial charge on any atom is 0.409 e. The summed E-state index contributed by atoms with van der Waals surface area (Å²) in [7, 11) is -2.58. The normalized spacial score (nSPS) is 21.0. The minimum atomic E-state index is -2.58. The van der Waals surface area contributed by atoms with Gasteiger partial charge in [-0.05, 0) is 19.9 Å². The SMILES string of the molecule is CCOC(=O)N1CCS(=O)(=Nc2cc(N3CCOC[C@H]3C)nc(-c3ccnc4c3C=CC4)n2)CC1. The Kier molecular flexibility index (Phi) is 6.70. The van der Waals surface area contributed by atoms with Crippen LogP contribution in [0.1, 0.15) is 25.1 Å². The van der Waals surface area contributed by atoms with E-state index in [1.54, 1.807) is 18.0 Å². The molecular weight excluding hydrogens is 468 g/mol. The van der Waals surface area contributed by atoms with Crippen LogP contribution in [0.5, 0.6) is 0 Å². The number of carbonyl (C=O) groups is 1. The van der Waals surface area contributed by atoms with E-state index in [4.69, 9.17) is 19.4 Å². The number of hydrogen-bond donors (Lipinski definition) is 0. The molecule has 1 aliphatic carbocycles. The number of ether oxygens (including phenoxy) is 2. The molecule has 3 aliphatic rings. The molecule has 35 heavy (non-hydrogen) atoms. The van der Waals surface area contributed by atoms with Crippen LogP contribution in [-0.2, 0) is 25.6 Å². The Morgan fingerprint density at radius 3 is 2.89 bits per heavy atom. The number of pyridine rings is 1. The number of amides is 1. The van der Waals surface area contributed by atoms with Gasteiger partial charge in [0.2, 0.25) is 0 Å². The third-order valence-corrected chi connectivity index (χ3v) is 8.58. The molecule has 1 amide bonds. The first-order valence-corrected chi connectivity index (χ1v) is 13.8. The van der Waals surface area contributed by atoms with Gasteiger partial charge in [-0.3, -0.25) is 4.98 Å². The molecule has 186 valence electrons. The van der Waals surface area contributed by atoms with Crippen molar-refractivity contribution < 1.29 is 18.5 Å². The lowest BCUT2D eigenvalue weighted by Gasteiger charge is -2.34. The molecule has 0 bridgehead atoms. The van der Waals surface area contributed by atoms with Gasteiger partial charge in [-0.2, -0.15) is 4.36 Å². The molecule has 10 nitrogen and oxygen atoms in total. The second-order valence-corrected chi connectivity index (χ2v) is 11.4. The zero-order chi connectivity index (χ0) is 24.4. The number of carbonyl (C=O) groups excluding carboxylic acids is 1. The van der Waals surface area contributed by atoms with Crippen LogP contribution in [0.3, 0.4) is 0 Å². The molecule has 2 aliphatic heterocycles. The standard InChI is InChI=1S/C24H30N6O4S/c1-3-34-24(31)29-10-13-35(32,14-11-29)28-21-15-22(30-9-12-33-16-17(30)2)27-23(26-21)19-7-8-25-20-6-4-5-18(19)20/h4-5,7-8,15,17H,3,6,9-14,16H2,1-2H3/t17-/m1/s1. The summed E-state index contributed by atoms with van der Waals surface area (Å²) < 4.78 is 29.0. The lowest BCUT2D eigenvalue weighted by molar-refractivity contribution is 0.0985. The smallest absolute Gasteiger partial charge is 0.409 e. The quantitative estimate of drug-likeness (QED) is 0.633. The van der Waals surface area contributed by atoms with Crippen molar-refractivity contribution in [1.82, 2.24) is 19.9 Å². The Bertz CT molecular complexity index is 1260. The minimum absolute atomic E-state index is 0.142. The fourth-order valence-electron chi connectivity index (χ4n) is 4.53. The highest BCUT2D eigenvalue weighted by molar-refractivity contribution is 7.93. The summed E-state index contributed by atoms with van der Waals surface area (Å²) in [6.45, 7) is 6.79. The third kappa shape index (κ3) is 5.01. The van der Waals surface area contributed by atoms with Crippen molar-refractivity contribution in [2.75, 3.05) is 55.9 Å². The summed E-state index contributed by atoms with van der Waals surface area (Å²) in [6.07, 6.45) is 6.31. The number of allylic oxidation sites excluding steroid dienone is 1. The van der Waals surface area contributed by atoms with E-state index in [-0.39, 0.29) is 23.6 Å². The largest absolute Gasteiger partial charge is 0.450 e. The van der Waals surface area contributed by atoms with Gasteiger partial charge in [0, 0.05) is 49.4 Å². The summed E-state index contributed by atoms with van der Waals surface area (Å²) in [4.78, 5) is 29.9. The molecule has 2 saturated heterocycles. The van der Waals surface area contributed by atoms with Gasteiger partial charge in [-0.15, -0.1) is 0 Å². The Hall–Kier alpha value is -3.05. The number of anilines is 1. The van der Waals surface area contributed by atoms with Gasteiger partial charge < -0.3 is 19.3 Å². The van der Waals surface area contributed by atoms with E-state index in [1.807, 2.05) is 18.2 Å². The number of nitrogens with zero attached hydrogens (tertiary/aromatic N) is 6. The van der Waals surface area contributed by atoms with E-state index in [0.717, 1.165) is 29.1 Å². The summed E-state index contributed by atoms with van der Waals surface area (Å²) in [5.74, 6) is 2.23. The molecule has 0 unspecified atom stereocenters. The van der Waals surface area contributed by atoms with Crippen molar-refractivity contribution in [1.29, 1.82) is 0 Å². The molecule has 0 saturated carbocycles. The van der Waals surface area contributed by atoms with Crippen LogP contribution in [0.25, 0.3) is 17.5 Å². The summed E-state index contributed by atoms with van der Waals surface area (Å²) in [5.41, 5.74) is 2.89. The van der Waals surface area contributed by atoms with Crippen molar-refractivity contribution >= 4 is 33.5 Å². The lowest BCUT2D eigenvalue weighted by Crippen LogP contribution is -2.44. The first-order chi connectivity index (χ1) is 17.0. The Labute approximate surface area is 205 Å². The molecule has 2 aromatic rings. The maximum atomic E-state index is 13.6. The van der Waals surface area contributed by atoms with Gasteiger partial charge in [-0.25, -0.2) is 19.0 Å². The van der Waals surface area contributed by atoms with Crippen LogP contribution >= 0.6 is 0 Å². The van der Waals surface area contributed by atoms with Crippen LogP contribution in [0.2, 0.25) is 0 Å². The number of fused-ring (bicyclic) bond motifs is 1. The highest BCUT2D eigenvalue weighted by atomic mass is 32.2. The van der Waals surface area contributed by atoms with E-state index < -0.39 is 9.73 Å². The fraction of sp³-hybridized carbons (Fsp3) is 0.500. The second-order valence-electron chi connectivity index (χ2n) is 8.81. The lowest BCUT2D eigenvalue weighted by atomic mass is 10.1. The number of rotatable bonds is 4. The molecular formula is C24H30N6O4S. The third-order valence-electron chi connectivity index (χ3n) is 6.42. The molecule has 0 spiro atoms. The van der Waals surface area contributed by atoms with Crippen LogP contribution in [-0.4, -0.2) is 87.2 Å². The van der Waals surface area contributed by atoms with Crippen LogP contribution in [0, 0.1) is 0 Å². The molecule has 1 atom stereocenters. The highest BCUT2D eigenvalue weighted by Gasteiger charge is 2.27. The van der Waals surface area contributed by atoms with Gasteiger partial charge in [-0.1, -0.05) is 12.2 Å². The van der Waals surface area contributed by atoms with Gasteiger partial charge in [0.15, 0.2) is 11.6 Å². The van der Waals surface area contributed by atoms with Crippen molar-refractivity contribution in [3.8, 4) is 11.4 Å². The van der Waals surface area contributed by atoms with Crippen LogP contribution in [0.15, 0.2) is 28.8 Å². The number of morpholine rings is 1. The van der Waals surface area contributed by atoms with Crippen LogP contribution in [0.4, 0.5) is 16.4 Å². The number of hydrogen-bond acceptors (Lipinski definition) is 9. The predicted molar refractivity (Wildman–Crippen MR) is 134 cm³/mol. The maximum absolute atomic E-state index is 13.6. The summed E-state index contributed by atoms with van der Waals surface area (Å²) in [5, 5.41) is 0. The molecule has 0 radical (unpaired) electrons. The van der Waals surface area contributed by atoms with Crippen molar-refractivity contribution in [3.63, 3.8) is 0 Å². The summed E-state index contributed by atoms with van der Waals surface area (Å²) >= 11 is 0. The van der Waals surface area contributed by atoms with Gasteiger partial charge in [0.05, 0.1) is 52.8 Å². The van der Waals surface area contributed by atoms with Crippen molar-refractivity contribution in [3.05, 3.63) is 35.7 Å². The molecule has 11 heteroatoms. The Morgan fingerprint density at radius 2 is 2.11 bits per heavy atom. The van der Waals surface area contributed by atoms with Crippen LogP contribution < -0.4 is 4.90 Å². The van der Waals surface area contributed by atoms with Gasteiger partial charge in [0.1, 0.15) is 5.82 Å². The van der Waals surface area contributed by atoms with E-state index in [9.17, 15) is 9.00 Å². The fourth-order valence-corrected chi connectivity index (χ4v) is 6.36. The van der Waals surface area contributed by atoms with Gasteiger partial charge >= 0.3 is 6.09 Å². The monoisotopic (exact) mass is 498 g/mol. The first kappa shape index (κ1) is 23.7. The van der Waals surface area contributed by atoms with Crippen molar-refractivity contribution in [2.24, 2.45) is 4.36 Å². The Morgan fingerprint density at radius 1 is 1.29 bits per heavy atom. The number of aromatic nitrogens is 3. The van der Waals surface area contributed by atoms with E-state index >= 15 is 0 Å². The topological polar surface area (TPSA) is 110 Å². The molecule has 5 rings (SSSR count). The predicted octanol–water partition coefficient (Wildman–Crippen LogP) is 2.90. The zero-order valence-corrected chi connectivity index (χ0v) is 20.9. The minimum Gasteiger partial charge on any atom is -0.450 e. The average Bonchev–Trinajstić information content (AvgIpc) is 3.33. The summed E-state index contributed by atoms with van der Waals surface area (Å²) in [6, 6.07) is 3.87. The second kappa shape index (κ2) is 9.90. The zero-order valence-electron chi connectivity index (χ0n) is 20.1. The van der Waals surface area contributed by atoms with E-state index in [2.05, 4.69) is 27.2 Å². The Balaban J connectivity index is 1.52. The molecule has 2 aromatic heterocycles. The molecule has 0 N–H and O–H groups in total. The first-order valence-electron chi connectivity index (χ1n) is 12.0. The van der Waals surface area contributed by atoms with Gasteiger partial charge in [0.25, 0.3) is 0 Å². The molecule has 2 fully saturated rings.